The standard InChI is InChI=1S/C28H26N6O3/c1-2-23(35)32-14-19-12-22(13-20(19)15-32)34-27-24(26(29)30-16-31-27)33(28(34)37)21-10-8-18(9-11-21)25(36)17-6-4-3-5-7-17/h2-11,16,19-20,22H,1,12-15H2,(H2,29,30,31). The van der Waals surface area contributed by atoms with E-state index < -0.39 is 0 Å². The summed E-state index contributed by atoms with van der Waals surface area (Å²) in [7, 11) is 0. The monoisotopic (exact) mass is 494 g/mol. The first-order valence-electron chi connectivity index (χ1n) is 12.3. The van der Waals surface area contributed by atoms with Gasteiger partial charge >= 0.3 is 5.69 Å². The quantitative estimate of drug-likeness (QED) is 0.337. The molecular formula is C28H26N6O3. The van der Waals surface area contributed by atoms with Crippen molar-refractivity contribution < 1.29 is 9.59 Å². The Morgan fingerprint density at radius 3 is 2.24 bits per heavy atom. The average Bonchev–Trinajstić information content (AvgIpc) is 3.58. The highest BCUT2D eigenvalue weighted by atomic mass is 16.2. The van der Waals surface area contributed by atoms with Gasteiger partial charge in [0.15, 0.2) is 17.2 Å². The molecule has 0 bridgehead atoms. The lowest BCUT2D eigenvalue weighted by molar-refractivity contribution is -0.125. The summed E-state index contributed by atoms with van der Waals surface area (Å²) in [6.45, 7) is 4.94. The van der Waals surface area contributed by atoms with E-state index in [9.17, 15) is 14.4 Å². The van der Waals surface area contributed by atoms with Crippen molar-refractivity contribution in [1.82, 2.24) is 24.0 Å². The van der Waals surface area contributed by atoms with Crippen LogP contribution in [-0.4, -0.2) is 48.8 Å². The van der Waals surface area contributed by atoms with Gasteiger partial charge in [0.25, 0.3) is 0 Å². The van der Waals surface area contributed by atoms with Crippen LogP contribution in [0.5, 0.6) is 0 Å². The highest BCUT2D eigenvalue weighted by Crippen LogP contribution is 2.44. The molecule has 2 aromatic carbocycles. The van der Waals surface area contributed by atoms with E-state index in [1.165, 1.54) is 17.0 Å². The van der Waals surface area contributed by atoms with Crippen LogP contribution in [0.1, 0.15) is 34.8 Å². The van der Waals surface area contributed by atoms with Crippen molar-refractivity contribution in [3.63, 3.8) is 0 Å². The first-order valence-corrected chi connectivity index (χ1v) is 12.3. The minimum atomic E-state index is -0.242. The second kappa shape index (κ2) is 8.85. The van der Waals surface area contributed by atoms with Gasteiger partial charge in [0, 0.05) is 30.3 Å². The molecule has 1 saturated carbocycles. The van der Waals surface area contributed by atoms with E-state index in [0.717, 1.165) is 12.8 Å². The number of imidazole rings is 1. The number of carbonyl (C=O) groups is 2. The predicted molar refractivity (Wildman–Crippen MR) is 139 cm³/mol. The molecule has 2 aliphatic rings. The van der Waals surface area contributed by atoms with Gasteiger partial charge in [0.2, 0.25) is 5.91 Å². The van der Waals surface area contributed by atoms with Crippen molar-refractivity contribution in [2.75, 3.05) is 18.8 Å². The number of amides is 1. The fourth-order valence-corrected chi connectivity index (χ4v) is 5.94. The van der Waals surface area contributed by atoms with E-state index in [-0.39, 0.29) is 29.2 Å². The molecule has 1 amide bonds. The Kier molecular flexibility index (Phi) is 5.48. The summed E-state index contributed by atoms with van der Waals surface area (Å²) in [5, 5.41) is 0. The number of anilines is 1. The highest BCUT2D eigenvalue weighted by Gasteiger charge is 2.43. The second-order valence-electron chi connectivity index (χ2n) is 9.75. The SMILES string of the molecule is C=CC(=O)N1CC2CC(n3c(=O)n(-c4ccc(C(=O)c5ccccc5)cc4)c4c(N)ncnc43)CC2C1. The molecule has 2 atom stereocenters. The lowest BCUT2D eigenvalue weighted by Crippen LogP contribution is -2.30. The maximum atomic E-state index is 13.9. The number of nitrogens with zero attached hydrogens (tertiary/aromatic N) is 5. The summed E-state index contributed by atoms with van der Waals surface area (Å²) in [4.78, 5) is 49.2. The number of hydrogen-bond donors (Lipinski definition) is 1. The smallest absolute Gasteiger partial charge is 0.335 e. The molecule has 186 valence electrons. The molecule has 9 nitrogen and oxygen atoms in total. The Balaban J connectivity index is 1.36. The number of aromatic nitrogens is 4. The first kappa shape index (κ1) is 22.9. The van der Waals surface area contributed by atoms with Crippen molar-refractivity contribution in [3.8, 4) is 5.69 Å². The molecule has 1 aliphatic carbocycles. The molecule has 1 saturated heterocycles. The van der Waals surface area contributed by atoms with Gasteiger partial charge in [0.1, 0.15) is 11.8 Å². The number of likely N-dealkylation sites (tertiary alicyclic amines) is 1. The fourth-order valence-electron chi connectivity index (χ4n) is 5.94. The van der Waals surface area contributed by atoms with Crippen molar-refractivity contribution in [2.45, 2.75) is 18.9 Å². The minimum absolute atomic E-state index is 0.0468. The molecule has 6 rings (SSSR count). The molecule has 2 unspecified atom stereocenters. The van der Waals surface area contributed by atoms with E-state index in [4.69, 9.17) is 5.73 Å². The van der Waals surface area contributed by atoms with E-state index >= 15 is 0 Å². The summed E-state index contributed by atoms with van der Waals surface area (Å²) >= 11 is 0. The van der Waals surface area contributed by atoms with Crippen LogP contribution < -0.4 is 11.4 Å². The van der Waals surface area contributed by atoms with E-state index in [2.05, 4.69) is 16.5 Å². The zero-order valence-electron chi connectivity index (χ0n) is 20.2. The zero-order valence-corrected chi connectivity index (χ0v) is 20.2. The Labute approximate surface area is 212 Å². The topological polar surface area (TPSA) is 116 Å². The Morgan fingerprint density at radius 1 is 0.946 bits per heavy atom. The maximum Gasteiger partial charge on any atom is 0.335 e. The summed E-state index contributed by atoms with van der Waals surface area (Å²) < 4.78 is 3.26. The molecule has 2 N–H and O–H groups in total. The molecule has 37 heavy (non-hydrogen) atoms. The van der Waals surface area contributed by atoms with Gasteiger partial charge in [-0.15, -0.1) is 0 Å². The third kappa shape index (κ3) is 3.74. The van der Waals surface area contributed by atoms with Crippen LogP contribution in [0.3, 0.4) is 0 Å². The van der Waals surface area contributed by atoms with Crippen molar-refractivity contribution >= 4 is 28.7 Å². The molecule has 0 radical (unpaired) electrons. The van der Waals surface area contributed by atoms with Crippen LogP contribution in [0.4, 0.5) is 5.82 Å². The number of nitrogen functional groups attached to an aromatic ring is 1. The summed E-state index contributed by atoms with van der Waals surface area (Å²) in [6.07, 6.45) is 4.28. The molecular weight excluding hydrogens is 468 g/mol. The normalized spacial score (nSPS) is 20.8. The van der Waals surface area contributed by atoms with Crippen LogP contribution >= 0.6 is 0 Å². The molecule has 2 fully saturated rings. The Bertz CT molecular complexity index is 1570. The fraction of sp³-hybridized carbons (Fsp3) is 0.250. The van der Waals surface area contributed by atoms with Crippen LogP contribution in [0, 0.1) is 11.8 Å². The number of rotatable bonds is 5. The van der Waals surface area contributed by atoms with Crippen LogP contribution in [0.15, 0.2) is 78.4 Å². The lowest BCUT2D eigenvalue weighted by atomic mass is 10.0. The number of fused-ring (bicyclic) bond motifs is 2. The van der Waals surface area contributed by atoms with Crippen molar-refractivity contribution in [2.24, 2.45) is 11.8 Å². The molecule has 4 aromatic rings. The molecule has 2 aromatic heterocycles. The van der Waals surface area contributed by atoms with Crippen LogP contribution in [0.2, 0.25) is 0 Å². The molecule has 1 aliphatic heterocycles. The van der Waals surface area contributed by atoms with Crippen LogP contribution in [-0.2, 0) is 4.79 Å². The highest BCUT2D eigenvalue weighted by molar-refractivity contribution is 6.09. The van der Waals surface area contributed by atoms with E-state index in [0.29, 0.717) is 52.9 Å². The number of benzene rings is 2. The molecule has 9 heteroatoms. The van der Waals surface area contributed by atoms with E-state index in [1.807, 2.05) is 23.1 Å². The third-order valence-electron chi connectivity index (χ3n) is 7.68. The average molecular weight is 495 g/mol. The maximum absolute atomic E-state index is 13.9. The Morgan fingerprint density at radius 2 is 1.59 bits per heavy atom. The predicted octanol–water partition coefficient (Wildman–Crippen LogP) is 2.99. The zero-order chi connectivity index (χ0) is 25.7. The molecule has 3 heterocycles. The molecule has 0 spiro atoms. The Hall–Kier alpha value is -4.53. The van der Waals surface area contributed by atoms with Gasteiger partial charge in [-0.1, -0.05) is 36.9 Å². The van der Waals surface area contributed by atoms with Gasteiger partial charge in [-0.25, -0.2) is 14.8 Å². The lowest BCUT2D eigenvalue weighted by Gasteiger charge is -2.18. The van der Waals surface area contributed by atoms with Crippen molar-refractivity contribution in [3.05, 3.63) is 95.2 Å². The van der Waals surface area contributed by atoms with Gasteiger partial charge in [-0.2, -0.15) is 0 Å². The van der Waals surface area contributed by atoms with E-state index in [1.54, 1.807) is 41.0 Å². The largest absolute Gasteiger partial charge is 0.382 e. The van der Waals surface area contributed by atoms with Gasteiger partial charge in [-0.05, 0) is 55.0 Å². The van der Waals surface area contributed by atoms with Gasteiger partial charge < -0.3 is 10.6 Å². The summed E-state index contributed by atoms with van der Waals surface area (Å²) in [5.74, 6) is 0.718. The number of ketones is 1. The van der Waals surface area contributed by atoms with Crippen molar-refractivity contribution in [1.29, 1.82) is 0 Å². The third-order valence-corrected chi connectivity index (χ3v) is 7.68. The number of nitrogens with two attached hydrogens (primary N) is 1. The second-order valence-corrected chi connectivity index (χ2v) is 9.75. The number of hydrogen-bond acceptors (Lipinski definition) is 6. The van der Waals surface area contributed by atoms with Gasteiger partial charge in [-0.3, -0.25) is 18.7 Å². The summed E-state index contributed by atoms with van der Waals surface area (Å²) in [6, 6.07) is 15.9. The minimum Gasteiger partial charge on any atom is -0.382 e. The van der Waals surface area contributed by atoms with Crippen LogP contribution in [0.25, 0.3) is 16.9 Å². The summed E-state index contributed by atoms with van der Waals surface area (Å²) in [5.41, 5.74) is 8.67. The van der Waals surface area contributed by atoms with Gasteiger partial charge in [0.05, 0.1) is 5.69 Å². The first-order chi connectivity index (χ1) is 18.0. The number of carbonyl (C=O) groups excluding carboxylic acids is 2.